The zero-order chi connectivity index (χ0) is 22.4. The van der Waals surface area contributed by atoms with Gasteiger partial charge in [0.25, 0.3) is 5.91 Å². The van der Waals surface area contributed by atoms with E-state index >= 15 is 0 Å². The Morgan fingerprint density at radius 2 is 1.66 bits per heavy atom. The Balaban J connectivity index is 1.59. The number of hydrogen-bond acceptors (Lipinski definition) is 6. The van der Waals surface area contributed by atoms with Gasteiger partial charge < -0.3 is 9.84 Å². The number of carbonyl (C=O) groups is 2. The maximum Gasteiger partial charge on any atom is 0.266 e. The molecule has 8 heteroatoms. The van der Waals surface area contributed by atoms with Crippen LogP contribution >= 0.6 is 15.9 Å². The molecule has 3 atom stereocenters. The van der Waals surface area contributed by atoms with Gasteiger partial charge in [-0.2, -0.15) is 0 Å². The summed E-state index contributed by atoms with van der Waals surface area (Å²) < 4.78 is 5.91. The van der Waals surface area contributed by atoms with Crippen molar-refractivity contribution in [3.05, 3.63) is 82.8 Å². The van der Waals surface area contributed by atoms with Gasteiger partial charge in [0.2, 0.25) is 5.91 Å². The van der Waals surface area contributed by atoms with Crippen molar-refractivity contribution in [2.45, 2.75) is 12.1 Å². The van der Waals surface area contributed by atoms with Gasteiger partial charge >= 0.3 is 0 Å². The van der Waals surface area contributed by atoms with Gasteiger partial charge in [0.05, 0.1) is 24.5 Å². The number of nitrogens with zero attached hydrogens (tertiary/aromatic N) is 2. The predicted molar refractivity (Wildman–Crippen MR) is 121 cm³/mol. The lowest BCUT2D eigenvalue weighted by Crippen LogP contribution is -2.37. The molecule has 2 fully saturated rings. The zero-order valence-electron chi connectivity index (χ0n) is 17.0. The van der Waals surface area contributed by atoms with E-state index in [1.54, 1.807) is 54.6 Å². The summed E-state index contributed by atoms with van der Waals surface area (Å²) in [5.41, 5.74) is 1.62. The van der Waals surface area contributed by atoms with Crippen molar-refractivity contribution in [2.75, 3.05) is 17.1 Å². The summed E-state index contributed by atoms with van der Waals surface area (Å²) in [7, 11) is 1.55. The number of amides is 2. The number of anilines is 2. The lowest BCUT2D eigenvalue weighted by molar-refractivity contribution is -0.126. The smallest absolute Gasteiger partial charge is 0.266 e. The minimum absolute atomic E-state index is 0.0199. The van der Waals surface area contributed by atoms with Gasteiger partial charge in [0.1, 0.15) is 17.4 Å². The average molecular weight is 495 g/mol. The molecule has 2 heterocycles. The number of rotatable bonds is 4. The topological polar surface area (TPSA) is 79.3 Å². The number of fused-ring (bicyclic) bond motifs is 1. The summed E-state index contributed by atoms with van der Waals surface area (Å²) in [6.07, 6.45) is -1.01. The highest BCUT2D eigenvalue weighted by atomic mass is 79.9. The largest absolute Gasteiger partial charge is 0.508 e. The molecular formula is C24H19BrN2O5. The van der Waals surface area contributed by atoms with E-state index < -0.39 is 24.0 Å². The van der Waals surface area contributed by atoms with Crippen LogP contribution in [0.2, 0.25) is 0 Å². The number of hydrogen-bond donors (Lipinski definition) is 1. The van der Waals surface area contributed by atoms with Crippen molar-refractivity contribution in [3.63, 3.8) is 0 Å². The summed E-state index contributed by atoms with van der Waals surface area (Å²) >= 11 is 3.44. The van der Waals surface area contributed by atoms with Crippen LogP contribution < -0.4 is 14.7 Å². The third-order valence-corrected chi connectivity index (χ3v) is 6.26. The summed E-state index contributed by atoms with van der Waals surface area (Å²) in [5, 5.41) is 12.2. The number of halogens is 1. The maximum absolute atomic E-state index is 13.6. The first kappa shape index (κ1) is 20.5. The number of phenolic OH excluding ortho intramolecular Hbond substituents is 1. The lowest BCUT2D eigenvalue weighted by Gasteiger charge is -2.29. The monoisotopic (exact) mass is 494 g/mol. The second-order valence-electron chi connectivity index (χ2n) is 7.57. The van der Waals surface area contributed by atoms with E-state index in [0.717, 1.165) is 9.37 Å². The molecule has 0 unspecified atom stereocenters. The molecule has 0 aliphatic carbocycles. The van der Waals surface area contributed by atoms with Gasteiger partial charge in [-0.3, -0.25) is 14.4 Å². The highest BCUT2D eigenvalue weighted by Crippen LogP contribution is 2.49. The molecule has 2 amide bonds. The van der Waals surface area contributed by atoms with Crippen LogP contribution in [-0.4, -0.2) is 30.1 Å². The van der Waals surface area contributed by atoms with Crippen LogP contribution in [0.15, 0.2) is 77.3 Å². The van der Waals surface area contributed by atoms with Gasteiger partial charge in [-0.25, -0.2) is 9.96 Å². The second-order valence-corrected chi connectivity index (χ2v) is 8.49. The van der Waals surface area contributed by atoms with Crippen LogP contribution in [0.1, 0.15) is 11.6 Å². The highest BCUT2D eigenvalue weighted by Gasteiger charge is 2.60. The SMILES string of the molecule is COc1ccc(N2C(=O)[C@H]3[C@@H](ON(c4ccccc4)[C@H]3c3cc(Br)ccc3O)C2=O)cc1. The molecule has 0 bridgehead atoms. The van der Waals surface area contributed by atoms with Gasteiger partial charge in [-0.1, -0.05) is 34.1 Å². The van der Waals surface area contributed by atoms with E-state index in [-0.39, 0.29) is 11.7 Å². The number of carbonyl (C=O) groups excluding carboxylic acids is 2. The van der Waals surface area contributed by atoms with E-state index in [1.807, 2.05) is 30.3 Å². The normalized spacial score (nSPS) is 22.4. The summed E-state index contributed by atoms with van der Waals surface area (Å²) in [4.78, 5) is 34.1. The number of benzene rings is 3. The molecule has 1 N–H and O–H groups in total. The van der Waals surface area contributed by atoms with Crippen molar-refractivity contribution in [1.82, 2.24) is 0 Å². The molecule has 0 radical (unpaired) electrons. The van der Waals surface area contributed by atoms with Crippen molar-refractivity contribution < 1.29 is 24.3 Å². The van der Waals surface area contributed by atoms with Crippen LogP contribution in [0, 0.1) is 5.92 Å². The minimum atomic E-state index is -1.01. The van der Waals surface area contributed by atoms with Crippen LogP contribution in [0.3, 0.4) is 0 Å². The molecule has 0 saturated carbocycles. The van der Waals surface area contributed by atoms with Gasteiger partial charge in [-0.05, 0) is 54.6 Å². The Labute approximate surface area is 192 Å². The number of ether oxygens (including phenoxy) is 1. The highest BCUT2D eigenvalue weighted by molar-refractivity contribution is 9.10. The molecule has 3 aromatic rings. The fourth-order valence-corrected chi connectivity index (χ4v) is 4.66. The predicted octanol–water partition coefficient (Wildman–Crippen LogP) is 4.21. The van der Waals surface area contributed by atoms with E-state index in [9.17, 15) is 14.7 Å². The molecule has 5 rings (SSSR count). The van der Waals surface area contributed by atoms with E-state index in [1.165, 1.54) is 0 Å². The molecule has 2 aliphatic rings. The fraction of sp³-hybridized carbons (Fsp3) is 0.167. The van der Waals surface area contributed by atoms with E-state index in [4.69, 9.17) is 9.57 Å². The number of phenols is 1. The molecule has 32 heavy (non-hydrogen) atoms. The van der Waals surface area contributed by atoms with Crippen molar-refractivity contribution in [2.24, 2.45) is 5.92 Å². The molecule has 0 aromatic heterocycles. The Bertz CT molecular complexity index is 1180. The number of para-hydroxylation sites is 1. The summed E-state index contributed by atoms with van der Waals surface area (Å²) in [5.74, 6) is -1.01. The van der Waals surface area contributed by atoms with E-state index in [0.29, 0.717) is 22.7 Å². The Morgan fingerprint density at radius 3 is 2.34 bits per heavy atom. The molecule has 3 aromatic carbocycles. The third-order valence-electron chi connectivity index (χ3n) is 5.76. The molecular weight excluding hydrogens is 476 g/mol. The summed E-state index contributed by atoms with van der Waals surface area (Å²) in [6, 6.07) is 20.3. The number of hydroxylamine groups is 1. The van der Waals surface area contributed by atoms with Crippen LogP contribution in [-0.2, 0) is 14.4 Å². The Hall–Kier alpha value is -3.36. The van der Waals surface area contributed by atoms with Crippen molar-refractivity contribution in [3.8, 4) is 11.5 Å². The quantitative estimate of drug-likeness (QED) is 0.547. The van der Waals surface area contributed by atoms with Crippen LogP contribution in [0.25, 0.3) is 0 Å². The lowest BCUT2D eigenvalue weighted by atomic mass is 9.90. The first-order valence-electron chi connectivity index (χ1n) is 10.0. The average Bonchev–Trinajstić information content (AvgIpc) is 3.32. The van der Waals surface area contributed by atoms with Gasteiger partial charge in [0.15, 0.2) is 6.10 Å². The summed E-state index contributed by atoms with van der Waals surface area (Å²) in [6.45, 7) is 0. The number of aromatic hydroxyl groups is 1. The fourth-order valence-electron chi connectivity index (χ4n) is 4.28. The minimum Gasteiger partial charge on any atom is -0.508 e. The van der Waals surface area contributed by atoms with Crippen LogP contribution in [0.5, 0.6) is 11.5 Å². The number of imide groups is 1. The van der Waals surface area contributed by atoms with Crippen LogP contribution in [0.4, 0.5) is 11.4 Å². The van der Waals surface area contributed by atoms with Crippen molar-refractivity contribution >= 4 is 39.1 Å². The third kappa shape index (κ3) is 3.23. The maximum atomic E-state index is 13.6. The Kier molecular flexibility index (Phi) is 5.11. The number of methoxy groups -OCH3 is 1. The first-order chi connectivity index (χ1) is 15.5. The van der Waals surface area contributed by atoms with Crippen molar-refractivity contribution in [1.29, 1.82) is 0 Å². The van der Waals surface area contributed by atoms with Gasteiger partial charge in [0, 0.05) is 10.0 Å². The first-order valence-corrected chi connectivity index (χ1v) is 10.8. The zero-order valence-corrected chi connectivity index (χ0v) is 18.6. The molecule has 162 valence electrons. The molecule has 2 saturated heterocycles. The second kappa shape index (κ2) is 7.96. The standard InChI is InChI=1S/C24H19BrN2O5/c1-31-17-10-8-15(9-11-17)26-23(29)20-21(18-13-14(25)7-12-19(18)28)27(32-22(20)24(26)30)16-5-3-2-4-6-16/h2-13,20-22,28H,1H3/t20-,21+,22-/m1/s1. The Morgan fingerprint density at radius 1 is 0.938 bits per heavy atom. The van der Waals surface area contributed by atoms with Gasteiger partial charge in [-0.15, -0.1) is 0 Å². The van der Waals surface area contributed by atoms with E-state index in [2.05, 4.69) is 15.9 Å². The molecule has 2 aliphatic heterocycles. The molecule has 7 nitrogen and oxygen atoms in total. The molecule has 0 spiro atoms.